The zero-order valence-corrected chi connectivity index (χ0v) is 19.3. The number of carbonyl (C=O) groups is 1. The van der Waals surface area contributed by atoms with Crippen molar-refractivity contribution >= 4 is 50.9 Å². The average Bonchev–Trinajstić information content (AvgIpc) is 3.49. The fourth-order valence-electron chi connectivity index (χ4n) is 4.04. The van der Waals surface area contributed by atoms with Crippen molar-refractivity contribution in [2.24, 2.45) is 4.99 Å². The monoisotopic (exact) mass is 467 g/mol. The van der Waals surface area contributed by atoms with Gasteiger partial charge in [0.15, 0.2) is 0 Å². The maximum absolute atomic E-state index is 12.9. The van der Waals surface area contributed by atoms with Gasteiger partial charge in [0.1, 0.15) is 23.0 Å². The van der Waals surface area contributed by atoms with Gasteiger partial charge in [-0.3, -0.25) is 0 Å². The van der Waals surface area contributed by atoms with E-state index in [1.165, 1.54) is 11.3 Å². The number of ether oxygens (including phenoxy) is 2. The predicted octanol–water partition coefficient (Wildman–Crippen LogP) is 2.72. The molecule has 0 aliphatic carbocycles. The molecule has 2 aliphatic rings. The van der Waals surface area contributed by atoms with Crippen molar-refractivity contribution in [3.63, 3.8) is 0 Å². The standard InChI is InChI=1S/C22H25N7O3S/c1-13-11-14(31-2)3-4-16(13)25-22(30)29-8-6-28(7-9-29)18-17-15(19-24-5-10-32-19)12-33-20(17)27-21(23)26-18/h3-4,11-12H,5-10H2,1-2H3,(H,25,30)(H2,23,26,27). The number of nitrogen functional groups attached to an aromatic ring is 1. The van der Waals surface area contributed by atoms with Crippen molar-refractivity contribution in [2.45, 2.75) is 6.92 Å². The molecule has 2 aromatic heterocycles. The van der Waals surface area contributed by atoms with Crippen molar-refractivity contribution in [1.29, 1.82) is 0 Å². The Labute approximate surface area is 195 Å². The Morgan fingerprint density at radius 2 is 2.06 bits per heavy atom. The van der Waals surface area contributed by atoms with E-state index in [2.05, 4.69) is 25.2 Å². The summed E-state index contributed by atoms with van der Waals surface area (Å²) in [4.78, 5) is 31.0. The van der Waals surface area contributed by atoms with Crippen LogP contribution >= 0.6 is 11.3 Å². The van der Waals surface area contributed by atoms with Gasteiger partial charge in [0.05, 0.1) is 24.6 Å². The van der Waals surface area contributed by atoms with E-state index in [0.717, 1.165) is 38.6 Å². The molecule has 1 aromatic carbocycles. The van der Waals surface area contributed by atoms with Gasteiger partial charge in [0, 0.05) is 37.2 Å². The van der Waals surface area contributed by atoms with Gasteiger partial charge in [-0.25, -0.2) is 14.8 Å². The number of urea groups is 1. The van der Waals surface area contributed by atoms with Gasteiger partial charge in [-0.1, -0.05) is 0 Å². The highest BCUT2D eigenvalue weighted by atomic mass is 32.1. The van der Waals surface area contributed by atoms with Gasteiger partial charge in [-0.2, -0.15) is 4.98 Å². The molecule has 4 heterocycles. The van der Waals surface area contributed by atoms with Crippen LogP contribution in [0.15, 0.2) is 28.6 Å². The van der Waals surface area contributed by atoms with E-state index in [0.29, 0.717) is 45.2 Å². The number of hydrogen-bond donors (Lipinski definition) is 2. The third kappa shape index (κ3) is 4.11. The van der Waals surface area contributed by atoms with Crippen molar-refractivity contribution in [1.82, 2.24) is 14.9 Å². The van der Waals surface area contributed by atoms with E-state index in [1.807, 2.05) is 30.5 Å². The molecular formula is C22H25N7O3S. The zero-order chi connectivity index (χ0) is 22.9. The number of rotatable bonds is 4. The van der Waals surface area contributed by atoms with Gasteiger partial charge in [-0.05, 0) is 30.7 Å². The van der Waals surface area contributed by atoms with Crippen LogP contribution in [-0.2, 0) is 4.74 Å². The van der Waals surface area contributed by atoms with E-state index in [1.54, 1.807) is 12.0 Å². The summed E-state index contributed by atoms with van der Waals surface area (Å²) in [6.07, 6.45) is 0. The molecule has 1 fully saturated rings. The molecule has 0 saturated carbocycles. The number of aryl methyl sites for hydroxylation is 1. The summed E-state index contributed by atoms with van der Waals surface area (Å²) >= 11 is 1.50. The van der Waals surface area contributed by atoms with Gasteiger partial charge < -0.3 is 30.3 Å². The molecule has 172 valence electrons. The number of thiophene rings is 1. The van der Waals surface area contributed by atoms with Crippen LogP contribution in [0, 0.1) is 6.92 Å². The van der Waals surface area contributed by atoms with Crippen LogP contribution < -0.4 is 20.7 Å². The Morgan fingerprint density at radius 1 is 1.24 bits per heavy atom. The van der Waals surface area contributed by atoms with Crippen LogP contribution in [-0.4, -0.2) is 73.2 Å². The molecule has 0 spiro atoms. The lowest BCUT2D eigenvalue weighted by Gasteiger charge is -2.35. The Hall–Kier alpha value is -3.60. The highest BCUT2D eigenvalue weighted by Crippen LogP contribution is 2.34. The Morgan fingerprint density at radius 3 is 2.76 bits per heavy atom. The summed E-state index contributed by atoms with van der Waals surface area (Å²) in [6, 6.07) is 5.46. The molecule has 33 heavy (non-hydrogen) atoms. The molecule has 2 amide bonds. The molecule has 10 nitrogen and oxygen atoms in total. The number of fused-ring (bicyclic) bond motifs is 1. The van der Waals surface area contributed by atoms with Crippen LogP contribution in [0.3, 0.4) is 0 Å². The molecule has 1 saturated heterocycles. The van der Waals surface area contributed by atoms with Gasteiger partial charge in [-0.15, -0.1) is 11.3 Å². The molecule has 0 atom stereocenters. The number of hydrogen-bond acceptors (Lipinski definition) is 9. The molecule has 2 aliphatic heterocycles. The van der Waals surface area contributed by atoms with Crippen LogP contribution in [0.2, 0.25) is 0 Å². The molecule has 11 heteroatoms. The largest absolute Gasteiger partial charge is 0.497 e. The number of carbonyl (C=O) groups excluding carboxylic acids is 1. The predicted molar refractivity (Wildman–Crippen MR) is 130 cm³/mol. The number of piperazine rings is 1. The SMILES string of the molecule is COc1ccc(NC(=O)N2CCN(c3nc(N)nc4scc(C5=NCCO5)c34)CC2)c(C)c1. The van der Waals surface area contributed by atoms with Gasteiger partial charge in [0.2, 0.25) is 11.8 Å². The van der Waals surface area contributed by atoms with E-state index in [4.69, 9.17) is 15.2 Å². The highest BCUT2D eigenvalue weighted by Gasteiger charge is 2.27. The van der Waals surface area contributed by atoms with Crippen molar-refractivity contribution in [2.75, 3.05) is 62.4 Å². The third-order valence-electron chi connectivity index (χ3n) is 5.79. The van der Waals surface area contributed by atoms with Crippen LogP contribution in [0.5, 0.6) is 5.75 Å². The maximum atomic E-state index is 12.9. The molecule has 3 N–H and O–H groups in total. The number of methoxy groups -OCH3 is 1. The third-order valence-corrected chi connectivity index (χ3v) is 6.66. The average molecular weight is 468 g/mol. The number of nitrogens with one attached hydrogen (secondary N) is 1. The first-order valence-corrected chi connectivity index (χ1v) is 11.6. The number of anilines is 3. The lowest BCUT2D eigenvalue weighted by atomic mass is 10.2. The second-order valence-corrected chi connectivity index (χ2v) is 8.71. The van der Waals surface area contributed by atoms with Crippen LogP contribution in [0.1, 0.15) is 11.1 Å². The molecule has 0 radical (unpaired) electrons. The van der Waals surface area contributed by atoms with E-state index in [-0.39, 0.29) is 12.0 Å². The lowest BCUT2D eigenvalue weighted by Crippen LogP contribution is -2.50. The first kappa shape index (κ1) is 21.3. The fourth-order valence-corrected chi connectivity index (χ4v) is 4.96. The number of aromatic nitrogens is 2. The van der Waals surface area contributed by atoms with Gasteiger partial charge >= 0.3 is 6.03 Å². The van der Waals surface area contributed by atoms with Crippen molar-refractivity contribution in [3.05, 3.63) is 34.7 Å². The summed E-state index contributed by atoms with van der Waals surface area (Å²) in [5.41, 5.74) is 8.62. The topological polar surface area (TPSA) is 118 Å². The summed E-state index contributed by atoms with van der Waals surface area (Å²) in [5, 5.41) is 5.90. The molecule has 5 rings (SSSR count). The van der Waals surface area contributed by atoms with E-state index < -0.39 is 0 Å². The first-order chi connectivity index (χ1) is 16.0. The smallest absolute Gasteiger partial charge is 0.321 e. The summed E-state index contributed by atoms with van der Waals surface area (Å²) < 4.78 is 10.9. The second kappa shape index (κ2) is 8.74. The minimum Gasteiger partial charge on any atom is -0.497 e. The normalized spacial score (nSPS) is 16.0. The van der Waals surface area contributed by atoms with Gasteiger partial charge in [0.25, 0.3) is 0 Å². The number of benzene rings is 1. The summed E-state index contributed by atoms with van der Waals surface area (Å²) in [6.45, 7) is 5.55. The fraction of sp³-hybridized carbons (Fsp3) is 0.364. The zero-order valence-electron chi connectivity index (χ0n) is 18.5. The van der Waals surface area contributed by atoms with Crippen molar-refractivity contribution < 1.29 is 14.3 Å². The quantitative estimate of drug-likeness (QED) is 0.606. The second-order valence-electron chi connectivity index (χ2n) is 7.86. The highest BCUT2D eigenvalue weighted by molar-refractivity contribution is 7.17. The first-order valence-electron chi connectivity index (χ1n) is 10.7. The summed E-state index contributed by atoms with van der Waals surface area (Å²) in [7, 11) is 1.62. The Bertz CT molecular complexity index is 1230. The Balaban J connectivity index is 1.32. The minimum atomic E-state index is -0.125. The minimum absolute atomic E-state index is 0.125. The van der Waals surface area contributed by atoms with Crippen molar-refractivity contribution in [3.8, 4) is 5.75 Å². The number of aliphatic imine (C=N–C) groups is 1. The van der Waals surface area contributed by atoms with E-state index in [9.17, 15) is 4.79 Å². The number of nitrogens with zero attached hydrogens (tertiary/aromatic N) is 5. The molecular weight excluding hydrogens is 442 g/mol. The number of nitrogens with two attached hydrogens (primary N) is 1. The molecule has 0 unspecified atom stereocenters. The lowest BCUT2D eigenvalue weighted by molar-refractivity contribution is 0.208. The van der Waals surface area contributed by atoms with Crippen LogP contribution in [0.25, 0.3) is 10.2 Å². The molecule has 3 aromatic rings. The number of amides is 2. The maximum Gasteiger partial charge on any atom is 0.321 e. The van der Waals surface area contributed by atoms with Crippen LogP contribution in [0.4, 0.5) is 22.2 Å². The summed E-state index contributed by atoms with van der Waals surface area (Å²) in [5.74, 6) is 2.38. The van der Waals surface area contributed by atoms with E-state index >= 15 is 0 Å². The Kier molecular flexibility index (Phi) is 5.63. The molecule has 0 bridgehead atoms.